The van der Waals surface area contributed by atoms with Crippen molar-refractivity contribution >= 4 is 27.3 Å². The largest absolute Gasteiger partial charge is 0.397 e. The second-order valence-corrected chi connectivity index (χ2v) is 7.49. The van der Waals surface area contributed by atoms with Crippen molar-refractivity contribution in [3.05, 3.63) is 22.7 Å². The second-order valence-electron chi connectivity index (χ2n) is 6.57. The van der Waals surface area contributed by atoms with E-state index in [1.54, 1.807) is 6.92 Å². The Hall–Kier alpha value is -0.910. The molecule has 0 radical (unpaired) electrons. The van der Waals surface area contributed by atoms with Crippen LogP contribution in [0.2, 0.25) is 0 Å². The fourth-order valence-corrected chi connectivity index (χ4v) is 3.80. The van der Waals surface area contributed by atoms with Crippen LogP contribution >= 0.6 is 15.9 Å². The molecule has 0 heterocycles. The van der Waals surface area contributed by atoms with Crippen LogP contribution in [0.15, 0.2) is 22.7 Å². The molecule has 1 unspecified atom stereocenters. The molecule has 1 saturated carbocycles. The lowest BCUT2D eigenvalue weighted by Gasteiger charge is -2.38. The summed E-state index contributed by atoms with van der Waals surface area (Å²) in [5, 5.41) is 0. The summed E-state index contributed by atoms with van der Waals surface area (Å²) in [6.45, 7) is 2.05. The highest BCUT2D eigenvalue weighted by Gasteiger charge is 2.32. The molecule has 0 saturated heterocycles. The number of hydrogen-bond acceptors (Lipinski definition) is 2. The van der Waals surface area contributed by atoms with Gasteiger partial charge in [-0.1, -0.05) is 42.1 Å². The minimum Gasteiger partial charge on any atom is -0.397 e. The summed E-state index contributed by atoms with van der Waals surface area (Å²) in [7, 11) is 0. The highest BCUT2D eigenvalue weighted by molar-refractivity contribution is 9.10. The van der Waals surface area contributed by atoms with Gasteiger partial charge < -0.3 is 10.6 Å². The van der Waals surface area contributed by atoms with Crippen molar-refractivity contribution in [3.8, 4) is 0 Å². The summed E-state index contributed by atoms with van der Waals surface area (Å²) in [6.07, 6.45) is 0.632. The summed E-state index contributed by atoms with van der Waals surface area (Å²) in [6, 6.07) is 5.91. The fraction of sp³-hybridized carbons (Fsp3) is 0.647. The maximum atomic E-state index is 12.7. The lowest BCUT2D eigenvalue weighted by Crippen LogP contribution is -2.41. The molecular formula is C17H24BrF3N2. The van der Waals surface area contributed by atoms with Crippen LogP contribution in [0.1, 0.15) is 45.4 Å². The molecule has 2 N–H and O–H groups in total. The van der Waals surface area contributed by atoms with E-state index in [2.05, 4.69) is 20.8 Å². The molecule has 130 valence electrons. The third-order valence-corrected chi connectivity index (χ3v) is 4.90. The first kappa shape index (κ1) is 18.4. The average Bonchev–Trinajstić information content (AvgIpc) is 2.44. The number of rotatable bonds is 5. The van der Waals surface area contributed by atoms with E-state index in [9.17, 15) is 13.2 Å². The van der Waals surface area contributed by atoms with Gasteiger partial charge in [-0.2, -0.15) is 13.2 Å². The van der Waals surface area contributed by atoms with Crippen LogP contribution in [0.4, 0.5) is 24.5 Å². The van der Waals surface area contributed by atoms with Gasteiger partial charge in [0, 0.05) is 23.5 Å². The minimum absolute atomic E-state index is 0.280. The summed E-state index contributed by atoms with van der Waals surface area (Å²) < 4.78 is 38.9. The first-order chi connectivity index (χ1) is 10.8. The average molecular weight is 393 g/mol. The molecule has 1 aliphatic rings. The Bertz CT molecular complexity index is 513. The van der Waals surface area contributed by atoms with E-state index in [1.165, 1.54) is 6.42 Å². The van der Waals surface area contributed by atoms with Crippen LogP contribution in [0.25, 0.3) is 0 Å². The molecule has 6 heteroatoms. The normalized spacial score (nSPS) is 18.0. The van der Waals surface area contributed by atoms with Crippen molar-refractivity contribution in [2.45, 2.75) is 57.7 Å². The van der Waals surface area contributed by atoms with Crippen LogP contribution < -0.4 is 10.6 Å². The zero-order valence-corrected chi connectivity index (χ0v) is 15.0. The highest BCUT2D eigenvalue weighted by Crippen LogP contribution is 2.35. The first-order valence-electron chi connectivity index (χ1n) is 8.14. The molecule has 1 fully saturated rings. The van der Waals surface area contributed by atoms with Gasteiger partial charge in [0.15, 0.2) is 0 Å². The zero-order chi connectivity index (χ0) is 17.0. The van der Waals surface area contributed by atoms with Gasteiger partial charge in [-0.15, -0.1) is 0 Å². The molecule has 0 bridgehead atoms. The lowest BCUT2D eigenvalue weighted by atomic mass is 9.92. The van der Waals surface area contributed by atoms with Crippen LogP contribution in [0.3, 0.4) is 0 Å². The SMILES string of the molecule is CC(CN(c1ccc(Br)cc1N)C1CCCCC1)CC(F)(F)F. The number of anilines is 2. The van der Waals surface area contributed by atoms with Gasteiger partial charge in [-0.25, -0.2) is 0 Å². The van der Waals surface area contributed by atoms with E-state index in [0.29, 0.717) is 12.2 Å². The summed E-state index contributed by atoms with van der Waals surface area (Å²) in [5.74, 6) is -0.458. The van der Waals surface area contributed by atoms with Crippen LogP contribution in [-0.4, -0.2) is 18.8 Å². The van der Waals surface area contributed by atoms with Crippen molar-refractivity contribution in [3.63, 3.8) is 0 Å². The fourth-order valence-electron chi connectivity index (χ4n) is 3.42. The van der Waals surface area contributed by atoms with Crippen molar-refractivity contribution in [1.29, 1.82) is 0 Å². The van der Waals surface area contributed by atoms with Crippen molar-refractivity contribution in [2.75, 3.05) is 17.2 Å². The third kappa shape index (κ3) is 5.59. The summed E-state index contributed by atoms with van der Waals surface area (Å²) in [4.78, 5) is 2.11. The van der Waals surface area contributed by atoms with E-state index >= 15 is 0 Å². The molecule has 1 aromatic carbocycles. The van der Waals surface area contributed by atoms with Gasteiger partial charge in [-0.3, -0.25) is 0 Å². The smallest absolute Gasteiger partial charge is 0.389 e. The Kier molecular flexibility index (Phi) is 6.23. The number of nitrogens with two attached hydrogens (primary N) is 1. The molecule has 1 aromatic rings. The zero-order valence-electron chi connectivity index (χ0n) is 13.4. The van der Waals surface area contributed by atoms with Gasteiger partial charge in [0.05, 0.1) is 11.4 Å². The van der Waals surface area contributed by atoms with E-state index in [1.807, 2.05) is 18.2 Å². The van der Waals surface area contributed by atoms with Gasteiger partial charge >= 0.3 is 6.18 Å². The highest BCUT2D eigenvalue weighted by atomic mass is 79.9. The standard InChI is InChI=1S/C17H24BrF3N2/c1-12(10-17(19,20)21)11-23(14-5-3-2-4-6-14)16-8-7-13(18)9-15(16)22/h7-9,12,14H,2-6,10-11,22H2,1H3. The van der Waals surface area contributed by atoms with Gasteiger partial charge in [0.2, 0.25) is 0 Å². The minimum atomic E-state index is -4.12. The predicted octanol–water partition coefficient (Wildman–Crippen LogP) is 5.76. The molecule has 0 aromatic heterocycles. The van der Waals surface area contributed by atoms with Crippen LogP contribution in [-0.2, 0) is 0 Å². The first-order valence-corrected chi connectivity index (χ1v) is 8.94. The van der Waals surface area contributed by atoms with E-state index in [0.717, 1.165) is 35.8 Å². The number of nitrogens with zero attached hydrogens (tertiary/aromatic N) is 1. The molecule has 2 nitrogen and oxygen atoms in total. The lowest BCUT2D eigenvalue weighted by molar-refractivity contribution is -0.142. The van der Waals surface area contributed by atoms with Crippen molar-refractivity contribution in [2.24, 2.45) is 5.92 Å². The van der Waals surface area contributed by atoms with Crippen LogP contribution in [0.5, 0.6) is 0 Å². The number of alkyl halides is 3. The van der Waals surface area contributed by atoms with Gasteiger partial charge in [-0.05, 0) is 37.0 Å². The molecule has 1 aliphatic carbocycles. The number of hydrogen-bond donors (Lipinski definition) is 1. The number of benzene rings is 1. The second kappa shape index (κ2) is 7.77. The monoisotopic (exact) mass is 392 g/mol. The van der Waals surface area contributed by atoms with Gasteiger partial charge in [0.25, 0.3) is 0 Å². The predicted molar refractivity (Wildman–Crippen MR) is 92.6 cm³/mol. The summed E-state index contributed by atoms with van der Waals surface area (Å²) >= 11 is 3.38. The molecule has 23 heavy (non-hydrogen) atoms. The van der Waals surface area contributed by atoms with Crippen molar-refractivity contribution in [1.82, 2.24) is 0 Å². The Morgan fingerprint density at radius 3 is 2.48 bits per heavy atom. The third-order valence-electron chi connectivity index (χ3n) is 4.40. The molecule has 2 rings (SSSR count). The Labute approximate surface area is 144 Å². The maximum absolute atomic E-state index is 12.7. The maximum Gasteiger partial charge on any atom is 0.389 e. The van der Waals surface area contributed by atoms with Crippen molar-refractivity contribution < 1.29 is 13.2 Å². The summed E-state index contributed by atoms with van der Waals surface area (Å²) in [5.41, 5.74) is 7.61. The van der Waals surface area contributed by atoms with Gasteiger partial charge in [0.1, 0.15) is 0 Å². The van der Waals surface area contributed by atoms with E-state index < -0.39 is 18.5 Å². The molecule has 0 amide bonds. The number of nitrogen functional groups attached to an aromatic ring is 1. The molecule has 0 aliphatic heterocycles. The Balaban J connectivity index is 2.20. The van der Waals surface area contributed by atoms with E-state index in [-0.39, 0.29) is 6.04 Å². The molecule has 0 spiro atoms. The number of halogens is 4. The van der Waals surface area contributed by atoms with E-state index in [4.69, 9.17) is 5.73 Å². The molecule has 1 atom stereocenters. The van der Waals surface area contributed by atoms with Crippen LogP contribution in [0, 0.1) is 5.92 Å². The quantitative estimate of drug-likeness (QED) is 0.645. The molecular weight excluding hydrogens is 369 g/mol. The Morgan fingerprint density at radius 1 is 1.26 bits per heavy atom. The topological polar surface area (TPSA) is 29.3 Å². The Morgan fingerprint density at radius 2 is 1.91 bits per heavy atom.